The van der Waals surface area contributed by atoms with Gasteiger partial charge in [0.05, 0.1) is 5.69 Å². The quantitative estimate of drug-likeness (QED) is 0.682. The minimum Gasteiger partial charge on any atom is -0.479 e. The van der Waals surface area contributed by atoms with E-state index >= 15 is 0 Å². The van der Waals surface area contributed by atoms with Crippen LogP contribution in [-0.4, -0.2) is 13.7 Å². The maximum absolute atomic E-state index is 5.28. The van der Waals surface area contributed by atoms with Crippen LogP contribution in [0.3, 0.4) is 0 Å². The second-order valence-corrected chi connectivity index (χ2v) is 2.24. The molecule has 0 aromatic heterocycles. The van der Waals surface area contributed by atoms with Crippen LogP contribution in [0, 0.1) is 12.3 Å². The lowest BCUT2D eigenvalue weighted by Gasteiger charge is -2.07. The summed E-state index contributed by atoms with van der Waals surface area (Å²) in [5.41, 5.74) is 0.952. The zero-order valence-corrected chi connectivity index (χ0v) is 7.00. The predicted molar refractivity (Wildman–Crippen MR) is 50.3 cm³/mol. The van der Waals surface area contributed by atoms with Crippen LogP contribution in [0.2, 0.25) is 0 Å². The highest BCUT2D eigenvalue weighted by atomic mass is 16.5. The average Bonchev–Trinajstić information content (AvgIpc) is 2.15. The fourth-order valence-electron chi connectivity index (χ4n) is 0.918. The van der Waals surface area contributed by atoms with E-state index in [-0.39, 0.29) is 0 Å². The van der Waals surface area contributed by atoms with Gasteiger partial charge < -0.3 is 10.1 Å². The maximum atomic E-state index is 5.28. The van der Waals surface area contributed by atoms with Gasteiger partial charge in [-0.15, -0.1) is 6.42 Å². The number of anilines is 1. The summed E-state index contributed by atoms with van der Waals surface area (Å²) in [6.07, 6.45) is 5.07. The summed E-state index contributed by atoms with van der Waals surface area (Å²) in [5, 5.41) is 3.01. The number of hydrogen-bond acceptors (Lipinski definition) is 2. The highest BCUT2D eigenvalue weighted by molar-refractivity contribution is 5.55. The molecule has 0 unspecified atom stereocenters. The van der Waals surface area contributed by atoms with Crippen LogP contribution in [0.4, 0.5) is 5.69 Å². The van der Waals surface area contributed by atoms with Crippen LogP contribution >= 0.6 is 0 Å². The molecule has 62 valence electrons. The summed E-state index contributed by atoms with van der Waals surface area (Å²) < 4.78 is 5.28. The van der Waals surface area contributed by atoms with Gasteiger partial charge in [-0.1, -0.05) is 18.1 Å². The number of hydrogen-bond donors (Lipinski definition) is 1. The molecular formula is C10H11NO. The molecule has 1 N–H and O–H groups in total. The van der Waals surface area contributed by atoms with E-state index in [1.165, 1.54) is 0 Å². The molecule has 0 saturated heterocycles. The van der Waals surface area contributed by atoms with E-state index < -0.39 is 0 Å². The number of nitrogens with one attached hydrogen (secondary N) is 1. The fraction of sp³-hybridized carbons (Fsp3) is 0.200. The highest BCUT2D eigenvalue weighted by Gasteiger charge is 1.97. The molecule has 0 saturated carbocycles. The molecule has 2 heteroatoms. The van der Waals surface area contributed by atoms with Gasteiger partial charge in [-0.05, 0) is 12.1 Å². The molecule has 0 aliphatic rings. The topological polar surface area (TPSA) is 21.3 Å². The van der Waals surface area contributed by atoms with Crippen molar-refractivity contribution in [2.75, 3.05) is 19.0 Å². The normalized spacial score (nSPS) is 8.67. The molecule has 0 bridgehead atoms. The first-order valence-corrected chi connectivity index (χ1v) is 3.71. The third-order valence-electron chi connectivity index (χ3n) is 1.47. The molecule has 0 atom stereocenters. The molecule has 0 fully saturated rings. The smallest absolute Gasteiger partial charge is 0.148 e. The van der Waals surface area contributed by atoms with E-state index in [9.17, 15) is 0 Å². The van der Waals surface area contributed by atoms with Gasteiger partial charge in [0.25, 0.3) is 0 Å². The van der Waals surface area contributed by atoms with Gasteiger partial charge in [0.15, 0.2) is 0 Å². The first kappa shape index (κ1) is 8.48. The zero-order valence-electron chi connectivity index (χ0n) is 7.00. The minimum absolute atomic E-state index is 0.304. The Hall–Kier alpha value is -1.62. The predicted octanol–water partition coefficient (Wildman–Crippen LogP) is 1.74. The molecule has 1 aromatic rings. The summed E-state index contributed by atoms with van der Waals surface area (Å²) in [6, 6.07) is 7.66. The largest absolute Gasteiger partial charge is 0.479 e. The van der Waals surface area contributed by atoms with E-state index in [1.807, 2.05) is 31.3 Å². The van der Waals surface area contributed by atoms with Gasteiger partial charge in [-0.25, -0.2) is 0 Å². The summed E-state index contributed by atoms with van der Waals surface area (Å²) in [5.74, 6) is 3.21. The number of ether oxygens (including phenoxy) is 1. The van der Waals surface area contributed by atoms with Gasteiger partial charge in [-0.2, -0.15) is 0 Å². The molecule has 12 heavy (non-hydrogen) atoms. The van der Waals surface area contributed by atoms with Crippen molar-refractivity contribution in [3.05, 3.63) is 24.3 Å². The van der Waals surface area contributed by atoms with Crippen molar-refractivity contribution in [3.63, 3.8) is 0 Å². The maximum Gasteiger partial charge on any atom is 0.148 e. The third-order valence-corrected chi connectivity index (χ3v) is 1.47. The van der Waals surface area contributed by atoms with Crippen molar-refractivity contribution < 1.29 is 4.74 Å². The van der Waals surface area contributed by atoms with Crippen LogP contribution in [0.1, 0.15) is 0 Å². The molecule has 0 heterocycles. The Morgan fingerprint density at radius 3 is 2.92 bits per heavy atom. The molecule has 1 aromatic carbocycles. The lowest BCUT2D eigenvalue weighted by molar-refractivity contribution is 0.372. The minimum atomic E-state index is 0.304. The van der Waals surface area contributed by atoms with Crippen molar-refractivity contribution in [1.82, 2.24) is 0 Å². The SMILES string of the molecule is C#CCOc1ccccc1NC. The van der Waals surface area contributed by atoms with E-state index in [0.29, 0.717) is 6.61 Å². The van der Waals surface area contributed by atoms with Gasteiger partial charge in [-0.3, -0.25) is 0 Å². The second kappa shape index (κ2) is 4.30. The highest BCUT2D eigenvalue weighted by Crippen LogP contribution is 2.22. The molecule has 0 radical (unpaired) electrons. The van der Waals surface area contributed by atoms with E-state index in [2.05, 4.69) is 11.2 Å². The molecule has 0 amide bonds. The molecular weight excluding hydrogens is 150 g/mol. The van der Waals surface area contributed by atoms with Crippen molar-refractivity contribution >= 4 is 5.69 Å². The Kier molecular flexibility index (Phi) is 3.04. The summed E-state index contributed by atoms with van der Waals surface area (Å²) in [6.45, 7) is 0.304. The molecule has 0 aliphatic heterocycles. The van der Waals surface area contributed by atoms with Gasteiger partial charge in [0.1, 0.15) is 12.4 Å². The summed E-state index contributed by atoms with van der Waals surface area (Å²) in [4.78, 5) is 0. The molecule has 1 rings (SSSR count). The van der Waals surface area contributed by atoms with Crippen LogP contribution in [-0.2, 0) is 0 Å². The molecule has 0 aliphatic carbocycles. The van der Waals surface area contributed by atoms with Gasteiger partial charge >= 0.3 is 0 Å². The summed E-state index contributed by atoms with van der Waals surface area (Å²) in [7, 11) is 1.85. The second-order valence-electron chi connectivity index (χ2n) is 2.24. The van der Waals surface area contributed by atoms with Crippen LogP contribution in [0.25, 0.3) is 0 Å². The molecule has 0 spiro atoms. The Morgan fingerprint density at radius 2 is 2.25 bits per heavy atom. The van der Waals surface area contributed by atoms with E-state index in [1.54, 1.807) is 0 Å². The van der Waals surface area contributed by atoms with Crippen LogP contribution in [0.5, 0.6) is 5.75 Å². The van der Waals surface area contributed by atoms with Crippen LogP contribution in [0.15, 0.2) is 24.3 Å². The van der Waals surface area contributed by atoms with Crippen molar-refractivity contribution in [3.8, 4) is 18.1 Å². The Morgan fingerprint density at radius 1 is 1.50 bits per heavy atom. The Bertz CT molecular complexity index is 288. The first-order valence-electron chi connectivity index (χ1n) is 3.71. The summed E-state index contributed by atoms with van der Waals surface area (Å²) >= 11 is 0. The standard InChI is InChI=1S/C10H11NO/c1-3-8-12-10-7-5-4-6-9(10)11-2/h1,4-7,11H,8H2,2H3. The third kappa shape index (κ3) is 1.93. The Labute approximate surface area is 72.6 Å². The number of para-hydroxylation sites is 2. The number of terminal acetylenes is 1. The monoisotopic (exact) mass is 161 g/mol. The van der Waals surface area contributed by atoms with Gasteiger partial charge in [0, 0.05) is 7.05 Å². The van der Waals surface area contributed by atoms with E-state index in [0.717, 1.165) is 11.4 Å². The average molecular weight is 161 g/mol. The Balaban J connectivity index is 2.76. The lowest BCUT2D eigenvalue weighted by Crippen LogP contribution is -1.97. The van der Waals surface area contributed by atoms with Crippen molar-refractivity contribution in [1.29, 1.82) is 0 Å². The number of benzene rings is 1. The lowest BCUT2D eigenvalue weighted by atomic mass is 10.3. The zero-order chi connectivity index (χ0) is 8.81. The van der Waals surface area contributed by atoms with Crippen molar-refractivity contribution in [2.45, 2.75) is 0 Å². The first-order chi connectivity index (χ1) is 5.88. The van der Waals surface area contributed by atoms with E-state index in [4.69, 9.17) is 11.2 Å². The van der Waals surface area contributed by atoms with Crippen LogP contribution < -0.4 is 10.1 Å². The molecule has 2 nitrogen and oxygen atoms in total. The number of rotatable bonds is 3. The van der Waals surface area contributed by atoms with Crippen molar-refractivity contribution in [2.24, 2.45) is 0 Å². The fourth-order valence-corrected chi connectivity index (χ4v) is 0.918. The van der Waals surface area contributed by atoms with Gasteiger partial charge in [0.2, 0.25) is 0 Å².